The molecule has 1 aliphatic heterocycles. The second kappa shape index (κ2) is 9.90. The molecule has 6 nitrogen and oxygen atoms in total. The number of carbonyl (C=O) groups excluding carboxylic acids is 2. The third-order valence-electron chi connectivity index (χ3n) is 3.99. The molecular weight excluding hydrogens is 412 g/mol. The fourth-order valence-corrected chi connectivity index (χ4v) is 4.63. The predicted octanol–water partition coefficient (Wildman–Crippen LogP) is 4.11. The summed E-state index contributed by atoms with van der Waals surface area (Å²) in [5.74, 6) is -0.372. The molecule has 0 aliphatic carbocycles. The highest BCUT2D eigenvalue weighted by molar-refractivity contribution is 8.26. The molecule has 2 heterocycles. The lowest BCUT2D eigenvalue weighted by molar-refractivity contribution is -0.122. The van der Waals surface area contributed by atoms with Gasteiger partial charge in [0.1, 0.15) is 9.33 Å². The van der Waals surface area contributed by atoms with Crippen LogP contribution in [-0.4, -0.2) is 37.8 Å². The van der Waals surface area contributed by atoms with Crippen LogP contribution in [-0.2, 0) is 16.0 Å². The Morgan fingerprint density at radius 2 is 2.07 bits per heavy atom. The van der Waals surface area contributed by atoms with Crippen LogP contribution in [0.5, 0.6) is 0 Å². The van der Waals surface area contributed by atoms with E-state index in [1.807, 2.05) is 36.4 Å². The van der Waals surface area contributed by atoms with Gasteiger partial charge in [0.05, 0.1) is 4.91 Å². The lowest BCUT2D eigenvalue weighted by Crippen LogP contribution is -2.31. The van der Waals surface area contributed by atoms with Crippen molar-refractivity contribution in [2.75, 3.05) is 11.9 Å². The van der Waals surface area contributed by atoms with Gasteiger partial charge in [0, 0.05) is 19.4 Å². The molecule has 2 amide bonds. The fourth-order valence-electron chi connectivity index (χ4n) is 2.52. The van der Waals surface area contributed by atoms with Gasteiger partial charge in [0.2, 0.25) is 11.0 Å². The maximum Gasteiger partial charge on any atom is 0.266 e. The molecule has 1 saturated heterocycles. The van der Waals surface area contributed by atoms with Gasteiger partial charge in [-0.05, 0) is 18.1 Å². The van der Waals surface area contributed by atoms with Gasteiger partial charge in [-0.25, -0.2) is 0 Å². The van der Waals surface area contributed by atoms with E-state index in [2.05, 4.69) is 22.4 Å². The molecule has 1 aromatic heterocycles. The van der Waals surface area contributed by atoms with Crippen molar-refractivity contribution in [3.05, 3.63) is 45.8 Å². The summed E-state index contributed by atoms with van der Waals surface area (Å²) in [6.45, 7) is 2.36. The van der Waals surface area contributed by atoms with E-state index in [1.54, 1.807) is 0 Å². The Hall–Kier alpha value is -2.10. The first kappa shape index (κ1) is 20.6. The van der Waals surface area contributed by atoms with Gasteiger partial charge in [-0.3, -0.25) is 14.5 Å². The molecule has 2 aromatic rings. The number of hydrogen-bond donors (Lipinski definition) is 1. The molecule has 3 rings (SSSR count). The summed E-state index contributed by atoms with van der Waals surface area (Å²) in [6, 6.07) is 9.61. The summed E-state index contributed by atoms with van der Waals surface area (Å²) < 4.78 is 0.470. The molecule has 9 heteroatoms. The number of thiocarbonyl (C=S) groups is 1. The minimum Gasteiger partial charge on any atom is -0.300 e. The first-order chi connectivity index (χ1) is 13.6. The Morgan fingerprint density at radius 1 is 1.29 bits per heavy atom. The van der Waals surface area contributed by atoms with Gasteiger partial charge in [0.15, 0.2) is 0 Å². The van der Waals surface area contributed by atoms with Crippen LogP contribution in [0.3, 0.4) is 0 Å². The third kappa shape index (κ3) is 5.46. The molecule has 0 radical (unpaired) electrons. The Kier molecular flexibility index (Phi) is 7.30. The zero-order valence-electron chi connectivity index (χ0n) is 15.4. The van der Waals surface area contributed by atoms with Crippen LogP contribution in [0.25, 0.3) is 6.08 Å². The lowest BCUT2D eigenvalue weighted by atomic mass is 10.2. The summed E-state index contributed by atoms with van der Waals surface area (Å²) in [5, 5.41) is 12.2. The zero-order valence-corrected chi connectivity index (χ0v) is 17.8. The molecule has 0 bridgehead atoms. The highest BCUT2D eigenvalue weighted by Crippen LogP contribution is 2.32. The molecule has 0 spiro atoms. The van der Waals surface area contributed by atoms with Crippen molar-refractivity contribution in [3.63, 3.8) is 0 Å². The molecule has 1 fully saturated rings. The average molecular weight is 433 g/mol. The van der Waals surface area contributed by atoms with Crippen molar-refractivity contribution in [1.29, 1.82) is 0 Å². The van der Waals surface area contributed by atoms with E-state index in [9.17, 15) is 9.59 Å². The molecular formula is C19H20N4O2S3. The van der Waals surface area contributed by atoms with Crippen LogP contribution in [0.1, 0.15) is 36.8 Å². The van der Waals surface area contributed by atoms with E-state index < -0.39 is 0 Å². The number of unbranched alkanes of at least 4 members (excludes halogenated alkanes) is 1. The first-order valence-electron chi connectivity index (χ1n) is 8.99. The Balaban J connectivity index is 1.53. The van der Waals surface area contributed by atoms with Crippen LogP contribution < -0.4 is 5.32 Å². The van der Waals surface area contributed by atoms with Crippen LogP contribution in [0, 0.1) is 0 Å². The zero-order chi connectivity index (χ0) is 19.9. The van der Waals surface area contributed by atoms with E-state index in [-0.39, 0.29) is 24.8 Å². The van der Waals surface area contributed by atoms with Crippen LogP contribution in [0.15, 0.2) is 35.2 Å². The van der Waals surface area contributed by atoms with Gasteiger partial charge in [-0.15, -0.1) is 10.2 Å². The standard InChI is InChI=1S/C19H20N4O2S3/c1-2-3-9-16-21-22-18(28-16)20-15(24)10-11-23-17(25)14(27-19(23)26)12-13-7-5-4-6-8-13/h4-8,12H,2-3,9-11H2,1H3,(H,20,22,24). The number of anilines is 1. The van der Waals surface area contributed by atoms with Crippen molar-refractivity contribution in [2.24, 2.45) is 0 Å². The monoisotopic (exact) mass is 432 g/mol. The second-order valence-electron chi connectivity index (χ2n) is 6.15. The number of hydrogen-bond acceptors (Lipinski definition) is 7. The van der Waals surface area contributed by atoms with E-state index >= 15 is 0 Å². The molecule has 146 valence electrons. The number of carbonyl (C=O) groups is 2. The molecule has 28 heavy (non-hydrogen) atoms. The Labute approximate surface area is 177 Å². The number of aromatic nitrogens is 2. The van der Waals surface area contributed by atoms with Crippen molar-refractivity contribution in [2.45, 2.75) is 32.6 Å². The second-order valence-corrected chi connectivity index (χ2v) is 8.88. The molecule has 1 aliphatic rings. The van der Waals surface area contributed by atoms with Crippen LogP contribution in [0.2, 0.25) is 0 Å². The van der Waals surface area contributed by atoms with Gasteiger partial charge >= 0.3 is 0 Å². The lowest BCUT2D eigenvalue weighted by Gasteiger charge is -2.13. The number of benzene rings is 1. The van der Waals surface area contributed by atoms with E-state index in [0.29, 0.717) is 14.4 Å². The number of nitrogens with one attached hydrogen (secondary N) is 1. The van der Waals surface area contributed by atoms with Gasteiger partial charge in [0.25, 0.3) is 5.91 Å². The predicted molar refractivity (Wildman–Crippen MR) is 118 cm³/mol. The fraction of sp³-hybridized carbons (Fsp3) is 0.316. The van der Waals surface area contributed by atoms with Crippen molar-refractivity contribution in [1.82, 2.24) is 15.1 Å². The summed E-state index contributed by atoms with van der Waals surface area (Å²) in [7, 11) is 0. The van der Waals surface area contributed by atoms with Crippen molar-refractivity contribution in [3.8, 4) is 0 Å². The average Bonchev–Trinajstić information content (AvgIpc) is 3.23. The number of thioether (sulfide) groups is 1. The van der Waals surface area contributed by atoms with E-state index in [1.165, 1.54) is 28.0 Å². The summed E-state index contributed by atoms with van der Waals surface area (Å²) in [4.78, 5) is 26.8. The van der Waals surface area contributed by atoms with Crippen LogP contribution in [0.4, 0.5) is 5.13 Å². The van der Waals surface area contributed by atoms with Crippen molar-refractivity contribution < 1.29 is 9.59 Å². The molecule has 0 atom stereocenters. The number of nitrogens with zero attached hydrogens (tertiary/aromatic N) is 3. The summed E-state index contributed by atoms with van der Waals surface area (Å²) >= 11 is 7.96. The van der Waals surface area contributed by atoms with Crippen LogP contribution >= 0.6 is 35.3 Å². The quantitative estimate of drug-likeness (QED) is 0.500. The number of rotatable bonds is 8. The van der Waals surface area contributed by atoms with Crippen molar-refractivity contribution >= 4 is 62.7 Å². The Bertz CT molecular complexity index is 896. The van der Waals surface area contributed by atoms with Gasteiger partial charge < -0.3 is 5.32 Å². The highest BCUT2D eigenvalue weighted by Gasteiger charge is 2.32. The highest BCUT2D eigenvalue weighted by atomic mass is 32.2. The largest absolute Gasteiger partial charge is 0.300 e. The number of aryl methyl sites for hydroxylation is 1. The third-order valence-corrected chi connectivity index (χ3v) is 6.27. The summed E-state index contributed by atoms with van der Waals surface area (Å²) in [5.41, 5.74) is 0.941. The Morgan fingerprint density at radius 3 is 2.82 bits per heavy atom. The SMILES string of the molecule is CCCCc1nnc(NC(=O)CCN2C(=O)C(=Cc3ccccc3)SC2=S)s1. The van der Waals surface area contributed by atoms with Gasteiger partial charge in [-0.2, -0.15) is 0 Å². The smallest absolute Gasteiger partial charge is 0.266 e. The number of amides is 2. The maximum absolute atomic E-state index is 12.6. The first-order valence-corrected chi connectivity index (χ1v) is 11.0. The minimum absolute atomic E-state index is 0.148. The minimum atomic E-state index is -0.209. The normalized spacial score (nSPS) is 15.5. The topological polar surface area (TPSA) is 75.2 Å². The van der Waals surface area contributed by atoms with E-state index in [4.69, 9.17) is 12.2 Å². The molecule has 1 aromatic carbocycles. The molecule has 1 N–H and O–H groups in total. The van der Waals surface area contributed by atoms with E-state index in [0.717, 1.165) is 29.8 Å². The molecule has 0 saturated carbocycles. The van der Waals surface area contributed by atoms with Gasteiger partial charge in [-0.1, -0.05) is 79.0 Å². The molecule has 0 unspecified atom stereocenters. The summed E-state index contributed by atoms with van der Waals surface area (Å²) in [6.07, 6.45) is 4.97. The maximum atomic E-state index is 12.6.